The highest BCUT2D eigenvalue weighted by Crippen LogP contribution is 2.44. The van der Waals surface area contributed by atoms with Gasteiger partial charge in [0.2, 0.25) is 0 Å². The van der Waals surface area contributed by atoms with Crippen molar-refractivity contribution in [1.29, 1.82) is 0 Å². The van der Waals surface area contributed by atoms with Crippen molar-refractivity contribution >= 4 is 53.2 Å². The molecule has 0 atom stereocenters. The maximum absolute atomic E-state index is 5.44. The molecule has 9 aromatic carbocycles. The first kappa shape index (κ1) is 33.2. The zero-order valence-corrected chi connectivity index (χ0v) is 31.7. The van der Waals surface area contributed by atoms with Crippen LogP contribution >= 0.6 is 11.3 Å². The van der Waals surface area contributed by atoms with Gasteiger partial charge in [0, 0.05) is 21.2 Å². The van der Waals surface area contributed by atoms with Crippen molar-refractivity contribution in [3.05, 3.63) is 206 Å². The Bertz CT molecular complexity index is 3230. The number of aromatic nitrogens is 2. The van der Waals surface area contributed by atoms with Gasteiger partial charge in [-0.3, -0.25) is 0 Å². The number of thiophene rings is 1. The lowest BCUT2D eigenvalue weighted by atomic mass is 9.92. The molecule has 57 heavy (non-hydrogen) atoms. The first-order chi connectivity index (χ1) is 28.2. The van der Waals surface area contributed by atoms with Crippen LogP contribution in [0.1, 0.15) is 0 Å². The minimum atomic E-state index is 0.738. The Morgan fingerprint density at radius 1 is 0.333 bits per heavy atom. The Labute approximate surface area is 335 Å². The summed E-state index contributed by atoms with van der Waals surface area (Å²) >= 11 is 1.78. The van der Waals surface area contributed by atoms with Crippen molar-refractivity contribution in [3.63, 3.8) is 0 Å². The Balaban J connectivity index is 1.08. The fourth-order valence-electron chi connectivity index (χ4n) is 8.26. The molecule has 0 N–H and O–H groups in total. The molecule has 2 nitrogen and oxygen atoms in total. The van der Waals surface area contributed by atoms with Gasteiger partial charge < -0.3 is 0 Å². The Morgan fingerprint density at radius 3 is 1.49 bits per heavy atom. The number of rotatable bonds is 6. The van der Waals surface area contributed by atoms with Gasteiger partial charge in [-0.1, -0.05) is 170 Å². The molecule has 0 aliphatic heterocycles. The van der Waals surface area contributed by atoms with Crippen molar-refractivity contribution in [3.8, 4) is 67.2 Å². The van der Waals surface area contributed by atoms with E-state index in [0.29, 0.717) is 0 Å². The van der Waals surface area contributed by atoms with Crippen LogP contribution in [0, 0.1) is 0 Å². The minimum Gasteiger partial charge on any atom is -0.226 e. The average molecular weight is 743 g/mol. The Hall–Kier alpha value is -7.20. The molecule has 0 aliphatic carbocycles. The summed E-state index contributed by atoms with van der Waals surface area (Å²) in [6.07, 6.45) is 0. The molecule has 0 saturated heterocycles. The maximum atomic E-state index is 5.44. The number of hydrogen-bond acceptors (Lipinski definition) is 3. The lowest BCUT2D eigenvalue weighted by Crippen LogP contribution is -1.95. The van der Waals surface area contributed by atoms with Crippen LogP contribution < -0.4 is 0 Å². The average Bonchev–Trinajstić information content (AvgIpc) is 3.68. The predicted molar refractivity (Wildman–Crippen MR) is 243 cm³/mol. The molecule has 2 aromatic heterocycles. The summed E-state index contributed by atoms with van der Waals surface area (Å²) in [5, 5.41) is 5.94. The third kappa shape index (κ3) is 5.97. The van der Waals surface area contributed by atoms with E-state index in [1.807, 2.05) is 0 Å². The summed E-state index contributed by atoms with van der Waals surface area (Å²) in [6, 6.07) is 74.0. The van der Waals surface area contributed by atoms with Gasteiger partial charge >= 0.3 is 0 Å². The van der Waals surface area contributed by atoms with Crippen molar-refractivity contribution in [2.75, 3.05) is 0 Å². The van der Waals surface area contributed by atoms with Crippen LogP contribution in [-0.2, 0) is 0 Å². The second-order valence-electron chi connectivity index (χ2n) is 14.6. The maximum Gasteiger partial charge on any atom is 0.161 e. The monoisotopic (exact) mass is 742 g/mol. The number of hydrogen-bond donors (Lipinski definition) is 0. The van der Waals surface area contributed by atoms with Crippen molar-refractivity contribution in [1.82, 2.24) is 9.97 Å². The van der Waals surface area contributed by atoms with E-state index in [-0.39, 0.29) is 0 Å². The van der Waals surface area contributed by atoms with Crippen LogP contribution in [0.5, 0.6) is 0 Å². The minimum absolute atomic E-state index is 0.738. The smallest absolute Gasteiger partial charge is 0.161 e. The van der Waals surface area contributed by atoms with Crippen molar-refractivity contribution in [2.45, 2.75) is 0 Å². The highest BCUT2D eigenvalue weighted by atomic mass is 32.1. The molecular weight excluding hydrogens is 709 g/mol. The van der Waals surface area contributed by atoms with Crippen LogP contribution in [0.3, 0.4) is 0 Å². The van der Waals surface area contributed by atoms with Gasteiger partial charge in [0.15, 0.2) is 5.82 Å². The molecule has 3 heteroatoms. The Kier molecular flexibility index (Phi) is 8.04. The third-order valence-electron chi connectivity index (χ3n) is 11.0. The van der Waals surface area contributed by atoms with E-state index in [4.69, 9.17) is 9.97 Å². The van der Waals surface area contributed by atoms with Crippen LogP contribution in [0.25, 0.3) is 109 Å². The van der Waals surface area contributed by atoms with Crippen LogP contribution in [0.4, 0.5) is 0 Å². The lowest BCUT2D eigenvalue weighted by molar-refractivity contribution is 1.25. The van der Waals surface area contributed by atoms with Crippen molar-refractivity contribution < 1.29 is 0 Å². The molecule has 0 spiro atoms. The van der Waals surface area contributed by atoms with E-state index in [9.17, 15) is 0 Å². The van der Waals surface area contributed by atoms with Crippen LogP contribution in [-0.4, -0.2) is 9.97 Å². The summed E-state index contributed by atoms with van der Waals surface area (Å²) in [5.41, 5.74) is 13.5. The molecule has 0 bridgehead atoms. The fraction of sp³-hybridized carbons (Fsp3) is 0. The third-order valence-corrected chi connectivity index (χ3v) is 12.2. The van der Waals surface area contributed by atoms with Crippen LogP contribution in [0.2, 0.25) is 0 Å². The van der Waals surface area contributed by atoms with Crippen molar-refractivity contribution in [2.24, 2.45) is 0 Å². The topological polar surface area (TPSA) is 25.8 Å². The van der Waals surface area contributed by atoms with Gasteiger partial charge in [0.1, 0.15) is 0 Å². The molecule has 0 amide bonds. The van der Waals surface area contributed by atoms with Gasteiger partial charge in [-0.25, -0.2) is 9.97 Å². The summed E-state index contributed by atoms with van der Waals surface area (Å²) in [7, 11) is 0. The summed E-state index contributed by atoms with van der Waals surface area (Å²) in [5.74, 6) is 0.738. The molecular formula is C54H34N2S. The molecule has 0 radical (unpaired) electrons. The van der Waals surface area contributed by atoms with E-state index in [1.54, 1.807) is 11.3 Å². The number of benzene rings is 9. The Morgan fingerprint density at radius 2 is 0.807 bits per heavy atom. The van der Waals surface area contributed by atoms with E-state index in [1.165, 1.54) is 59.6 Å². The highest BCUT2D eigenvalue weighted by Gasteiger charge is 2.20. The largest absolute Gasteiger partial charge is 0.226 e. The molecule has 0 saturated carbocycles. The molecule has 11 rings (SSSR count). The van der Waals surface area contributed by atoms with Gasteiger partial charge in [-0.05, 0) is 102 Å². The second kappa shape index (κ2) is 13.8. The van der Waals surface area contributed by atoms with E-state index in [2.05, 4.69) is 206 Å². The molecule has 0 fully saturated rings. The van der Waals surface area contributed by atoms with Gasteiger partial charge in [0.25, 0.3) is 0 Å². The first-order valence-electron chi connectivity index (χ1n) is 19.3. The molecule has 0 unspecified atom stereocenters. The quantitative estimate of drug-likeness (QED) is 0.170. The summed E-state index contributed by atoms with van der Waals surface area (Å²) < 4.78 is 2.31. The number of nitrogens with zero attached hydrogens (tertiary/aromatic N) is 2. The highest BCUT2D eigenvalue weighted by molar-refractivity contribution is 7.26. The van der Waals surface area contributed by atoms with Gasteiger partial charge in [-0.15, -0.1) is 11.3 Å². The summed E-state index contributed by atoms with van der Waals surface area (Å²) in [4.78, 5) is 10.8. The summed E-state index contributed by atoms with van der Waals surface area (Å²) in [6.45, 7) is 0. The zero-order chi connectivity index (χ0) is 37.7. The normalized spacial score (nSPS) is 11.5. The predicted octanol–water partition coefficient (Wildman–Crippen LogP) is 15.2. The van der Waals surface area contributed by atoms with E-state index < -0.39 is 0 Å². The molecule has 0 aliphatic rings. The second-order valence-corrected chi connectivity index (χ2v) is 15.6. The SMILES string of the molecule is c1ccc(-c2cc(-c3ccccc3)cc(-c3cccc(-c4cccc(-c5nc(-c6cccc7ccccc67)nc6c5sc5ccc7ccccc7c56)c4)c3)c2)cc1. The van der Waals surface area contributed by atoms with E-state index in [0.717, 1.165) is 49.4 Å². The first-order valence-corrected chi connectivity index (χ1v) is 20.1. The fourth-order valence-corrected chi connectivity index (χ4v) is 9.43. The molecule has 2 heterocycles. The van der Waals surface area contributed by atoms with Gasteiger partial charge in [-0.2, -0.15) is 0 Å². The zero-order valence-electron chi connectivity index (χ0n) is 30.9. The number of fused-ring (bicyclic) bond motifs is 6. The molecule has 266 valence electrons. The van der Waals surface area contributed by atoms with E-state index >= 15 is 0 Å². The lowest BCUT2D eigenvalue weighted by Gasteiger charge is -2.13. The molecule has 11 aromatic rings. The standard InChI is InChI=1S/C54H34N2S/c1-3-14-35(15-4-1)43-32-44(36-16-5-2-6-17-36)34-45(33-43)41-23-11-21-39(30-41)40-22-12-24-42(31-40)51-53-52(50-47-26-10-8-19-38(47)28-29-49(50)57-53)56-54(55-51)48-27-13-20-37-18-7-9-25-46(37)48/h1-34H. The van der Waals surface area contributed by atoms with Crippen LogP contribution in [0.15, 0.2) is 206 Å². The van der Waals surface area contributed by atoms with Gasteiger partial charge in [0.05, 0.1) is 15.9 Å².